The predicted molar refractivity (Wildman–Crippen MR) is 123 cm³/mol. The molecular formula is C18H32O6S4. The summed E-state index contributed by atoms with van der Waals surface area (Å²) in [5.74, 6) is 2.93. The number of hydrogen-bond acceptors (Lipinski definition) is 7. The van der Waals surface area contributed by atoms with E-state index in [9.17, 15) is 26.6 Å². The van der Waals surface area contributed by atoms with Gasteiger partial charge in [0.05, 0.1) is 20.4 Å². The van der Waals surface area contributed by atoms with Crippen LogP contribution in [0, 0.1) is 0 Å². The Labute approximate surface area is 179 Å². The van der Waals surface area contributed by atoms with Gasteiger partial charge in [0.1, 0.15) is 0 Å². The van der Waals surface area contributed by atoms with Crippen molar-refractivity contribution in [3.05, 3.63) is 35.4 Å². The number of hydrogen-bond donors (Lipinski definition) is 4. The Balaban J connectivity index is 2.34. The van der Waals surface area contributed by atoms with Crippen LogP contribution in [0.4, 0.5) is 0 Å². The Bertz CT molecular complexity index is 709. The lowest BCUT2D eigenvalue weighted by Gasteiger charge is -2.37. The van der Waals surface area contributed by atoms with Gasteiger partial charge in [-0.25, -0.2) is 0 Å². The first kappa shape index (κ1) is 26.1. The molecule has 28 heavy (non-hydrogen) atoms. The Kier molecular flexibility index (Phi) is 9.68. The third-order valence-electron chi connectivity index (χ3n) is 4.70. The predicted octanol–water partition coefficient (Wildman–Crippen LogP) is 5.60. The highest BCUT2D eigenvalue weighted by atomic mass is 32.3. The van der Waals surface area contributed by atoms with Gasteiger partial charge in [-0.3, -0.25) is 4.55 Å². The van der Waals surface area contributed by atoms with E-state index in [2.05, 4.69) is 12.1 Å². The van der Waals surface area contributed by atoms with Crippen LogP contribution in [0.25, 0.3) is 0 Å². The monoisotopic (exact) mass is 472 g/mol. The summed E-state index contributed by atoms with van der Waals surface area (Å²) in [6.45, 7) is 6.34. The molecular weight excluding hydrogens is 440 g/mol. The van der Waals surface area contributed by atoms with E-state index in [0.29, 0.717) is 24.3 Å². The van der Waals surface area contributed by atoms with Crippen molar-refractivity contribution in [3.8, 4) is 0 Å². The van der Waals surface area contributed by atoms with E-state index in [4.69, 9.17) is 0 Å². The summed E-state index contributed by atoms with van der Waals surface area (Å²) in [5, 5.41) is 0. The average molecular weight is 473 g/mol. The Morgan fingerprint density at radius 3 is 1.43 bits per heavy atom. The van der Waals surface area contributed by atoms with Crippen LogP contribution in [0.15, 0.2) is 24.3 Å². The van der Waals surface area contributed by atoms with Crippen molar-refractivity contribution < 1.29 is 26.6 Å². The van der Waals surface area contributed by atoms with Crippen LogP contribution in [0.3, 0.4) is 0 Å². The molecule has 0 fully saturated rings. The maximum Gasteiger partial charge on any atom is 0.270 e. The van der Waals surface area contributed by atoms with E-state index >= 15 is 0 Å². The molecule has 0 bridgehead atoms. The number of benzene rings is 1. The highest BCUT2D eigenvalue weighted by Crippen LogP contribution is 2.50. The van der Waals surface area contributed by atoms with Crippen molar-refractivity contribution in [3.63, 3.8) is 0 Å². The SMILES string of the molecule is CC(C)(CCSCc1ccc(CSCCC(C)(C)S(=O)(=O)O)cc1)S(O)(O)O. The van der Waals surface area contributed by atoms with Crippen molar-refractivity contribution in [2.75, 3.05) is 11.5 Å². The molecule has 1 aromatic rings. The topological polar surface area (TPSA) is 115 Å². The van der Waals surface area contributed by atoms with E-state index in [-0.39, 0.29) is 0 Å². The second kappa shape index (κ2) is 10.4. The minimum atomic E-state index is -4.04. The van der Waals surface area contributed by atoms with Crippen molar-refractivity contribution in [2.24, 2.45) is 0 Å². The van der Waals surface area contributed by atoms with E-state index < -0.39 is 30.5 Å². The van der Waals surface area contributed by atoms with Gasteiger partial charge in [0, 0.05) is 11.5 Å². The second-order valence-electron chi connectivity index (χ2n) is 7.93. The third kappa shape index (κ3) is 8.43. The molecule has 0 amide bonds. The first-order chi connectivity index (χ1) is 12.7. The summed E-state index contributed by atoms with van der Waals surface area (Å²) in [7, 11) is -7.58. The zero-order valence-electron chi connectivity index (χ0n) is 16.8. The smallest absolute Gasteiger partial charge is 0.270 e. The van der Waals surface area contributed by atoms with Gasteiger partial charge < -0.3 is 13.7 Å². The summed E-state index contributed by atoms with van der Waals surface area (Å²) in [6, 6.07) is 8.20. The normalized spacial score (nSPS) is 14.3. The molecule has 0 aliphatic heterocycles. The highest BCUT2D eigenvalue weighted by molar-refractivity contribution is 8.20. The van der Waals surface area contributed by atoms with Gasteiger partial charge >= 0.3 is 0 Å². The van der Waals surface area contributed by atoms with Crippen molar-refractivity contribution in [1.29, 1.82) is 0 Å². The molecule has 10 heteroatoms. The van der Waals surface area contributed by atoms with Crippen molar-refractivity contribution >= 4 is 44.5 Å². The minimum Gasteiger partial charge on any atom is -0.308 e. The van der Waals surface area contributed by atoms with Crippen LogP contribution in [-0.2, 0) is 21.6 Å². The summed E-state index contributed by atoms with van der Waals surface area (Å²) in [5.41, 5.74) is 2.32. The molecule has 1 aromatic carbocycles. The molecule has 0 heterocycles. The lowest BCUT2D eigenvalue weighted by atomic mass is 10.1. The number of thioether (sulfide) groups is 2. The molecule has 0 saturated heterocycles. The summed E-state index contributed by atoms with van der Waals surface area (Å²) < 4.78 is 57.9. The average Bonchev–Trinajstić information content (AvgIpc) is 2.55. The largest absolute Gasteiger partial charge is 0.308 e. The van der Waals surface area contributed by atoms with Crippen LogP contribution >= 0.6 is 34.4 Å². The molecule has 0 aliphatic carbocycles. The van der Waals surface area contributed by atoms with Crippen molar-refractivity contribution in [1.82, 2.24) is 0 Å². The molecule has 0 aliphatic rings. The fourth-order valence-electron chi connectivity index (χ4n) is 2.01. The third-order valence-corrected chi connectivity index (χ3v) is 10.0. The Morgan fingerprint density at radius 2 is 1.11 bits per heavy atom. The van der Waals surface area contributed by atoms with Gasteiger partial charge in [0.15, 0.2) is 0 Å². The molecule has 0 unspecified atom stereocenters. The maximum absolute atomic E-state index is 11.3. The van der Waals surface area contributed by atoms with Crippen LogP contribution in [-0.4, -0.2) is 47.6 Å². The molecule has 0 spiro atoms. The zero-order valence-corrected chi connectivity index (χ0v) is 20.1. The molecule has 4 N–H and O–H groups in total. The molecule has 1 rings (SSSR count). The van der Waals surface area contributed by atoms with E-state index in [1.807, 2.05) is 12.1 Å². The standard InChI is InChI=1S/C18H32O6S4/c1-17(2,27(19,20)21)9-11-25-13-15-5-7-16(8-6-15)14-26-12-10-18(3,4)28(22,23)24/h5-8,19-21H,9-14H2,1-4H3,(H,22,23,24). The van der Waals surface area contributed by atoms with Gasteiger partial charge in [-0.05, 0) is 63.2 Å². The molecule has 6 nitrogen and oxygen atoms in total. The van der Waals surface area contributed by atoms with Gasteiger partial charge in [0.25, 0.3) is 10.1 Å². The van der Waals surface area contributed by atoms with Crippen LogP contribution < -0.4 is 0 Å². The van der Waals surface area contributed by atoms with Crippen LogP contribution in [0.5, 0.6) is 0 Å². The summed E-state index contributed by atoms with van der Waals surface area (Å²) in [6.07, 6.45) is 0.894. The quantitative estimate of drug-likeness (QED) is 0.229. The molecule has 0 radical (unpaired) electrons. The minimum absolute atomic E-state index is 0.389. The number of rotatable bonds is 12. The van der Waals surface area contributed by atoms with Gasteiger partial charge in [-0.2, -0.15) is 31.9 Å². The first-order valence-electron chi connectivity index (χ1n) is 8.86. The van der Waals surface area contributed by atoms with E-state index in [1.54, 1.807) is 37.4 Å². The fraction of sp³-hybridized carbons (Fsp3) is 0.667. The Morgan fingerprint density at radius 1 is 0.750 bits per heavy atom. The molecule has 164 valence electrons. The summed E-state index contributed by atoms with van der Waals surface area (Å²) in [4.78, 5) is 0. The van der Waals surface area contributed by atoms with Gasteiger partial charge in [0.2, 0.25) is 0 Å². The Hall–Kier alpha value is 0.0600. The van der Waals surface area contributed by atoms with Crippen LogP contribution in [0.2, 0.25) is 0 Å². The molecule has 0 aromatic heterocycles. The highest BCUT2D eigenvalue weighted by Gasteiger charge is 2.35. The summed E-state index contributed by atoms with van der Waals surface area (Å²) >= 11 is 3.31. The molecule has 0 atom stereocenters. The van der Waals surface area contributed by atoms with Crippen LogP contribution in [0.1, 0.15) is 51.7 Å². The van der Waals surface area contributed by atoms with E-state index in [1.165, 1.54) is 19.4 Å². The maximum atomic E-state index is 11.3. The van der Waals surface area contributed by atoms with Gasteiger partial charge in [-0.1, -0.05) is 24.3 Å². The van der Waals surface area contributed by atoms with Gasteiger partial charge in [-0.15, -0.1) is 0 Å². The lowest BCUT2D eigenvalue weighted by molar-refractivity contribution is 0.337. The van der Waals surface area contributed by atoms with Crippen molar-refractivity contribution in [2.45, 2.75) is 61.5 Å². The first-order valence-corrected chi connectivity index (χ1v) is 14.1. The fourth-order valence-corrected chi connectivity index (χ4v) is 5.46. The molecule has 0 saturated carbocycles. The lowest BCUT2D eigenvalue weighted by Crippen LogP contribution is -2.31. The zero-order chi connectivity index (χ0) is 21.6. The second-order valence-corrected chi connectivity index (χ2v) is 14.3. The van der Waals surface area contributed by atoms with E-state index in [0.717, 1.165) is 17.1 Å².